The van der Waals surface area contributed by atoms with Crippen LogP contribution in [0.5, 0.6) is 0 Å². The maximum absolute atomic E-state index is 12.2. The lowest BCUT2D eigenvalue weighted by molar-refractivity contribution is -0.137. The fourth-order valence-corrected chi connectivity index (χ4v) is 1.30. The molecule has 1 heterocycles. The van der Waals surface area contributed by atoms with E-state index in [1.54, 1.807) is 0 Å². The van der Waals surface area contributed by atoms with Crippen LogP contribution in [0.15, 0.2) is 12.4 Å². The second-order valence-electron chi connectivity index (χ2n) is 3.41. The summed E-state index contributed by atoms with van der Waals surface area (Å²) >= 11 is 0. The Kier molecular flexibility index (Phi) is 3.73. The average molecular weight is 221 g/mol. The van der Waals surface area contributed by atoms with E-state index in [1.807, 2.05) is 13.8 Å². The van der Waals surface area contributed by atoms with Gasteiger partial charge in [0.1, 0.15) is 0 Å². The molecule has 1 aromatic rings. The van der Waals surface area contributed by atoms with Gasteiger partial charge in [-0.2, -0.15) is 18.3 Å². The predicted octanol–water partition coefficient (Wildman–Crippen LogP) is 1.90. The van der Waals surface area contributed by atoms with Crippen molar-refractivity contribution in [2.75, 3.05) is 6.54 Å². The second-order valence-corrected chi connectivity index (χ2v) is 3.41. The van der Waals surface area contributed by atoms with Gasteiger partial charge in [-0.05, 0) is 13.5 Å². The van der Waals surface area contributed by atoms with Crippen LogP contribution in [0.2, 0.25) is 0 Å². The molecule has 15 heavy (non-hydrogen) atoms. The van der Waals surface area contributed by atoms with Crippen LogP contribution in [0.3, 0.4) is 0 Å². The van der Waals surface area contributed by atoms with E-state index in [2.05, 4.69) is 10.4 Å². The molecular formula is C9H14F3N3. The van der Waals surface area contributed by atoms with Crippen molar-refractivity contribution in [3.05, 3.63) is 18.0 Å². The normalized spacial score (nSPS) is 14.2. The van der Waals surface area contributed by atoms with Crippen molar-refractivity contribution in [1.29, 1.82) is 0 Å². The Morgan fingerprint density at radius 3 is 2.67 bits per heavy atom. The molecule has 86 valence electrons. The molecule has 0 aromatic carbocycles. The smallest absolute Gasteiger partial charge is 0.313 e. The maximum Gasteiger partial charge on any atom is 0.419 e. The van der Waals surface area contributed by atoms with Crippen LogP contribution in [-0.2, 0) is 12.7 Å². The largest absolute Gasteiger partial charge is 0.419 e. The maximum atomic E-state index is 12.2. The van der Waals surface area contributed by atoms with Crippen LogP contribution in [0.4, 0.5) is 13.2 Å². The first kappa shape index (κ1) is 12.0. The summed E-state index contributed by atoms with van der Waals surface area (Å²) in [5.74, 6) is 0. The minimum Gasteiger partial charge on any atom is -0.313 e. The third-order valence-electron chi connectivity index (χ3n) is 1.97. The predicted molar refractivity (Wildman–Crippen MR) is 50.4 cm³/mol. The number of halogens is 3. The van der Waals surface area contributed by atoms with E-state index in [1.165, 1.54) is 4.68 Å². The number of likely N-dealkylation sites (N-methyl/N-ethyl adjacent to an activating group) is 1. The number of hydrogen-bond acceptors (Lipinski definition) is 2. The fraction of sp³-hybridized carbons (Fsp3) is 0.667. The van der Waals surface area contributed by atoms with Crippen molar-refractivity contribution in [3.63, 3.8) is 0 Å². The van der Waals surface area contributed by atoms with Gasteiger partial charge in [0.2, 0.25) is 0 Å². The Morgan fingerprint density at radius 1 is 1.53 bits per heavy atom. The van der Waals surface area contributed by atoms with E-state index in [9.17, 15) is 13.2 Å². The van der Waals surface area contributed by atoms with E-state index in [-0.39, 0.29) is 6.04 Å². The van der Waals surface area contributed by atoms with E-state index in [4.69, 9.17) is 0 Å². The van der Waals surface area contributed by atoms with Crippen molar-refractivity contribution in [1.82, 2.24) is 15.1 Å². The molecule has 1 aromatic heterocycles. The molecule has 0 aliphatic rings. The van der Waals surface area contributed by atoms with Crippen LogP contribution in [0.25, 0.3) is 0 Å². The van der Waals surface area contributed by atoms with Gasteiger partial charge >= 0.3 is 6.18 Å². The molecular weight excluding hydrogens is 207 g/mol. The van der Waals surface area contributed by atoms with Gasteiger partial charge in [0.25, 0.3) is 0 Å². The molecule has 1 rings (SSSR count). The zero-order chi connectivity index (χ0) is 11.5. The van der Waals surface area contributed by atoms with Crippen LogP contribution in [0, 0.1) is 0 Å². The molecule has 0 aliphatic carbocycles. The Bertz CT molecular complexity index is 306. The van der Waals surface area contributed by atoms with Crippen molar-refractivity contribution in [2.45, 2.75) is 32.6 Å². The molecule has 1 unspecified atom stereocenters. The molecule has 0 saturated heterocycles. The summed E-state index contributed by atoms with van der Waals surface area (Å²) < 4.78 is 38.0. The molecule has 0 aliphatic heterocycles. The van der Waals surface area contributed by atoms with Gasteiger partial charge in [0.05, 0.1) is 18.3 Å². The molecule has 0 amide bonds. The standard InChI is InChI=1S/C9H14F3N3/c1-3-13-7(2)5-15-6-8(4-14-15)9(10,11)12/h4,6-7,13H,3,5H2,1-2H3. The van der Waals surface area contributed by atoms with Crippen molar-refractivity contribution in [3.8, 4) is 0 Å². The first-order valence-electron chi connectivity index (χ1n) is 4.76. The van der Waals surface area contributed by atoms with Gasteiger partial charge in [0.15, 0.2) is 0 Å². The van der Waals surface area contributed by atoms with E-state index in [0.29, 0.717) is 6.54 Å². The Hall–Kier alpha value is -1.04. The van der Waals surface area contributed by atoms with Gasteiger partial charge in [-0.3, -0.25) is 4.68 Å². The quantitative estimate of drug-likeness (QED) is 0.841. The monoisotopic (exact) mass is 221 g/mol. The zero-order valence-corrected chi connectivity index (χ0v) is 8.67. The van der Waals surface area contributed by atoms with Crippen LogP contribution in [-0.4, -0.2) is 22.4 Å². The lowest BCUT2D eigenvalue weighted by Crippen LogP contribution is -2.30. The summed E-state index contributed by atoms with van der Waals surface area (Å²) in [5.41, 5.74) is -0.703. The lowest BCUT2D eigenvalue weighted by Gasteiger charge is -2.11. The van der Waals surface area contributed by atoms with Crippen LogP contribution >= 0.6 is 0 Å². The number of alkyl halides is 3. The van der Waals surface area contributed by atoms with Crippen molar-refractivity contribution in [2.24, 2.45) is 0 Å². The first-order chi connectivity index (χ1) is 6.93. The summed E-state index contributed by atoms with van der Waals surface area (Å²) in [5, 5.41) is 6.76. The molecule has 1 N–H and O–H groups in total. The number of aromatic nitrogens is 2. The minimum atomic E-state index is -4.31. The van der Waals surface area contributed by atoms with E-state index >= 15 is 0 Å². The molecule has 0 saturated carbocycles. The summed E-state index contributed by atoms with van der Waals surface area (Å²) in [6, 6.07) is 0.107. The highest BCUT2D eigenvalue weighted by molar-refractivity contribution is 5.08. The molecule has 0 fully saturated rings. The lowest BCUT2D eigenvalue weighted by atomic mass is 10.3. The molecule has 1 atom stereocenters. The molecule has 0 bridgehead atoms. The summed E-state index contributed by atoms with van der Waals surface area (Å²) in [6.07, 6.45) is -2.44. The number of nitrogens with zero attached hydrogens (tertiary/aromatic N) is 2. The molecule has 0 radical (unpaired) electrons. The summed E-state index contributed by atoms with van der Waals surface area (Å²) in [7, 11) is 0. The SMILES string of the molecule is CCNC(C)Cn1cc(C(F)(F)F)cn1. The van der Waals surface area contributed by atoms with Crippen molar-refractivity contribution < 1.29 is 13.2 Å². The van der Waals surface area contributed by atoms with E-state index < -0.39 is 11.7 Å². The Morgan fingerprint density at radius 2 is 2.20 bits per heavy atom. The van der Waals surface area contributed by atoms with Gasteiger partial charge in [-0.15, -0.1) is 0 Å². The number of nitrogens with one attached hydrogen (secondary N) is 1. The summed E-state index contributed by atoms with van der Waals surface area (Å²) in [4.78, 5) is 0. The van der Waals surface area contributed by atoms with Crippen LogP contribution < -0.4 is 5.32 Å². The number of rotatable bonds is 4. The average Bonchev–Trinajstić information content (AvgIpc) is 2.52. The minimum absolute atomic E-state index is 0.107. The third-order valence-corrected chi connectivity index (χ3v) is 1.97. The Labute approximate surface area is 86.3 Å². The van der Waals surface area contributed by atoms with Crippen LogP contribution in [0.1, 0.15) is 19.4 Å². The second kappa shape index (κ2) is 4.65. The topological polar surface area (TPSA) is 29.9 Å². The van der Waals surface area contributed by atoms with Gasteiger partial charge in [-0.1, -0.05) is 6.92 Å². The first-order valence-corrected chi connectivity index (χ1v) is 4.76. The van der Waals surface area contributed by atoms with Crippen molar-refractivity contribution >= 4 is 0 Å². The summed E-state index contributed by atoms with van der Waals surface area (Å²) in [6.45, 7) is 5.07. The fourth-order valence-electron chi connectivity index (χ4n) is 1.30. The number of hydrogen-bond donors (Lipinski definition) is 1. The highest BCUT2D eigenvalue weighted by atomic mass is 19.4. The molecule has 6 heteroatoms. The van der Waals surface area contributed by atoms with Gasteiger partial charge in [0, 0.05) is 12.2 Å². The van der Waals surface area contributed by atoms with Gasteiger partial charge in [-0.25, -0.2) is 0 Å². The Balaban J connectivity index is 2.61. The third kappa shape index (κ3) is 3.54. The van der Waals surface area contributed by atoms with E-state index in [0.717, 1.165) is 18.9 Å². The highest BCUT2D eigenvalue weighted by Gasteiger charge is 2.32. The molecule has 0 spiro atoms. The highest BCUT2D eigenvalue weighted by Crippen LogP contribution is 2.28. The zero-order valence-electron chi connectivity index (χ0n) is 8.67. The van der Waals surface area contributed by atoms with Gasteiger partial charge < -0.3 is 5.32 Å². The molecule has 3 nitrogen and oxygen atoms in total.